The average Bonchev–Trinajstić information content (AvgIpc) is 3.13. The minimum Gasteiger partial charge on any atom is -0.207 e. The van der Waals surface area contributed by atoms with Gasteiger partial charge in [0, 0.05) is 6.54 Å². The van der Waals surface area contributed by atoms with Crippen molar-refractivity contribution in [1.29, 1.82) is 0 Å². The summed E-state index contributed by atoms with van der Waals surface area (Å²) < 4.78 is 26.3. The van der Waals surface area contributed by atoms with Gasteiger partial charge < -0.3 is 0 Å². The van der Waals surface area contributed by atoms with Crippen molar-refractivity contribution >= 4 is 10.0 Å². The third kappa shape index (κ3) is 2.92. The lowest BCUT2D eigenvalue weighted by molar-refractivity contribution is 0.430. The van der Waals surface area contributed by atoms with Crippen LogP contribution < -0.4 is 0 Å². The van der Waals surface area contributed by atoms with Crippen LogP contribution in [-0.2, 0) is 10.0 Å². The average molecular weight is 263 g/mol. The second-order valence-corrected chi connectivity index (χ2v) is 6.70. The van der Waals surface area contributed by atoms with Crippen LogP contribution in [0.2, 0.25) is 0 Å². The fourth-order valence-electron chi connectivity index (χ4n) is 1.80. The summed E-state index contributed by atoms with van der Waals surface area (Å²) in [5.74, 6) is 2.92. The molecular weight excluding hydrogens is 246 g/mol. The lowest BCUT2D eigenvalue weighted by Gasteiger charge is -2.19. The molecule has 0 N–H and O–H groups in total. The van der Waals surface area contributed by atoms with Crippen molar-refractivity contribution in [2.24, 2.45) is 5.92 Å². The third-order valence-corrected chi connectivity index (χ3v) is 4.91. The van der Waals surface area contributed by atoms with E-state index in [-0.39, 0.29) is 6.54 Å². The minimum atomic E-state index is -3.44. The van der Waals surface area contributed by atoms with Crippen molar-refractivity contribution in [3.8, 4) is 12.3 Å². The van der Waals surface area contributed by atoms with Gasteiger partial charge in [0.1, 0.15) is 0 Å². The number of aryl methyl sites for hydroxylation is 1. The first kappa shape index (κ1) is 13.1. The lowest BCUT2D eigenvalue weighted by atomic mass is 10.2. The zero-order chi connectivity index (χ0) is 13.2. The third-order valence-electron chi connectivity index (χ3n) is 3.09. The van der Waals surface area contributed by atoms with Gasteiger partial charge in [0.2, 0.25) is 10.0 Å². The van der Waals surface area contributed by atoms with Gasteiger partial charge in [-0.05, 0) is 37.8 Å². The second-order valence-electron chi connectivity index (χ2n) is 4.76. The maximum absolute atomic E-state index is 12.4. The quantitative estimate of drug-likeness (QED) is 0.762. The van der Waals surface area contributed by atoms with Gasteiger partial charge in [-0.15, -0.1) is 6.42 Å². The van der Waals surface area contributed by atoms with E-state index in [4.69, 9.17) is 6.42 Å². The molecule has 0 saturated heterocycles. The molecule has 1 aliphatic rings. The highest BCUT2D eigenvalue weighted by atomic mass is 32.2. The van der Waals surface area contributed by atoms with Crippen LogP contribution in [0.1, 0.15) is 18.4 Å². The summed E-state index contributed by atoms with van der Waals surface area (Å²) in [5, 5.41) is 0. The Morgan fingerprint density at radius 1 is 1.33 bits per heavy atom. The fraction of sp³-hybridized carbons (Fsp3) is 0.429. The van der Waals surface area contributed by atoms with Gasteiger partial charge in [-0.1, -0.05) is 23.6 Å². The summed E-state index contributed by atoms with van der Waals surface area (Å²) in [4.78, 5) is 0.323. The molecule has 0 unspecified atom stereocenters. The van der Waals surface area contributed by atoms with E-state index in [2.05, 4.69) is 5.92 Å². The summed E-state index contributed by atoms with van der Waals surface area (Å²) in [6, 6.07) is 6.89. The smallest absolute Gasteiger partial charge is 0.207 e. The molecule has 3 nitrogen and oxygen atoms in total. The highest BCUT2D eigenvalue weighted by Gasteiger charge is 2.31. The van der Waals surface area contributed by atoms with Crippen LogP contribution in [-0.4, -0.2) is 25.8 Å². The number of rotatable bonds is 5. The summed E-state index contributed by atoms with van der Waals surface area (Å²) >= 11 is 0. The van der Waals surface area contributed by atoms with Gasteiger partial charge in [-0.2, -0.15) is 4.31 Å². The first-order chi connectivity index (χ1) is 8.54. The van der Waals surface area contributed by atoms with Crippen molar-refractivity contribution in [2.75, 3.05) is 13.1 Å². The SMILES string of the molecule is C#CCN(CC1CC1)S(=O)(=O)c1ccc(C)cc1. The van der Waals surface area contributed by atoms with E-state index in [1.807, 2.05) is 6.92 Å². The van der Waals surface area contributed by atoms with Crippen molar-refractivity contribution < 1.29 is 8.42 Å². The molecule has 1 saturated carbocycles. The molecule has 1 aromatic rings. The van der Waals surface area contributed by atoms with Crippen molar-refractivity contribution in [1.82, 2.24) is 4.31 Å². The highest BCUT2D eigenvalue weighted by Crippen LogP contribution is 2.31. The normalized spacial score (nSPS) is 15.6. The molecule has 0 amide bonds. The van der Waals surface area contributed by atoms with Crippen LogP contribution in [0.4, 0.5) is 0 Å². The van der Waals surface area contributed by atoms with E-state index in [9.17, 15) is 8.42 Å². The maximum Gasteiger partial charge on any atom is 0.243 e. The van der Waals surface area contributed by atoms with E-state index in [0.717, 1.165) is 18.4 Å². The zero-order valence-electron chi connectivity index (χ0n) is 10.5. The first-order valence-electron chi connectivity index (χ1n) is 6.04. The van der Waals surface area contributed by atoms with Gasteiger partial charge in [-0.25, -0.2) is 8.42 Å². The standard InChI is InChI=1S/C14H17NO2S/c1-3-10-15(11-13-6-7-13)18(16,17)14-8-4-12(2)5-9-14/h1,4-5,8-9,13H,6-7,10-11H2,2H3. The predicted octanol–water partition coefficient (Wildman–Crippen LogP) is 2.03. The summed E-state index contributed by atoms with van der Waals surface area (Å²) in [6.07, 6.45) is 7.47. The van der Waals surface area contributed by atoms with Crippen LogP contribution >= 0.6 is 0 Å². The Balaban J connectivity index is 2.26. The van der Waals surface area contributed by atoms with E-state index in [1.165, 1.54) is 4.31 Å². The number of benzene rings is 1. The summed E-state index contributed by atoms with van der Waals surface area (Å²) in [7, 11) is -3.44. The number of hydrogen-bond acceptors (Lipinski definition) is 2. The zero-order valence-corrected chi connectivity index (χ0v) is 11.3. The van der Waals surface area contributed by atoms with Crippen LogP contribution in [0.15, 0.2) is 29.2 Å². The van der Waals surface area contributed by atoms with Crippen LogP contribution in [0.5, 0.6) is 0 Å². The van der Waals surface area contributed by atoms with Gasteiger partial charge >= 0.3 is 0 Å². The summed E-state index contributed by atoms with van der Waals surface area (Å²) in [5.41, 5.74) is 1.04. The molecule has 0 radical (unpaired) electrons. The van der Waals surface area contributed by atoms with Gasteiger partial charge in [-0.3, -0.25) is 0 Å². The molecule has 0 atom stereocenters. The van der Waals surface area contributed by atoms with Gasteiger partial charge in [0.05, 0.1) is 11.4 Å². The maximum atomic E-state index is 12.4. The number of terminal acetylenes is 1. The first-order valence-corrected chi connectivity index (χ1v) is 7.48. The molecule has 2 rings (SSSR count). The predicted molar refractivity (Wildman–Crippen MR) is 71.5 cm³/mol. The topological polar surface area (TPSA) is 37.4 Å². The fourth-order valence-corrected chi connectivity index (χ4v) is 3.23. The van der Waals surface area contributed by atoms with Gasteiger partial charge in [0.15, 0.2) is 0 Å². The molecule has 0 aliphatic heterocycles. The van der Waals surface area contributed by atoms with Gasteiger partial charge in [0.25, 0.3) is 0 Å². The molecule has 0 heterocycles. The second kappa shape index (κ2) is 5.13. The van der Waals surface area contributed by atoms with E-state index >= 15 is 0 Å². The van der Waals surface area contributed by atoms with Crippen LogP contribution in [0, 0.1) is 25.2 Å². The largest absolute Gasteiger partial charge is 0.243 e. The number of hydrogen-bond donors (Lipinski definition) is 0. The molecule has 0 spiro atoms. The Hall–Kier alpha value is -1.31. The van der Waals surface area contributed by atoms with Crippen molar-refractivity contribution in [2.45, 2.75) is 24.7 Å². The molecule has 1 fully saturated rings. The Bertz CT molecular complexity index is 550. The van der Waals surface area contributed by atoms with Crippen LogP contribution in [0.3, 0.4) is 0 Å². The Morgan fingerprint density at radius 3 is 2.44 bits per heavy atom. The highest BCUT2D eigenvalue weighted by molar-refractivity contribution is 7.89. The molecular formula is C14H17NO2S. The Labute approximate surface area is 109 Å². The molecule has 1 aromatic carbocycles. The van der Waals surface area contributed by atoms with E-state index < -0.39 is 10.0 Å². The van der Waals surface area contributed by atoms with Crippen LogP contribution in [0.25, 0.3) is 0 Å². The molecule has 4 heteroatoms. The van der Waals surface area contributed by atoms with E-state index in [1.54, 1.807) is 24.3 Å². The van der Waals surface area contributed by atoms with Crippen molar-refractivity contribution in [3.63, 3.8) is 0 Å². The minimum absolute atomic E-state index is 0.146. The van der Waals surface area contributed by atoms with E-state index in [0.29, 0.717) is 17.4 Å². The molecule has 96 valence electrons. The number of sulfonamides is 1. The molecule has 1 aliphatic carbocycles. The summed E-state index contributed by atoms with van der Waals surface area (Å²) in [6.45, 7) is 2.62. The Kier molecular flexibility index (Phi) is 3.74. The number of nitrogens with zero attached hydrogens (tertiary/aromatic N) is 1. The molecule has 0 aromatic heterocycles. The molecule has 18 heavy (non-hydrogen) atoms. The van der Waals surface area contributed by atoms with Crippen molar-refractivity contribution in [3.05, 3.63) is 29.8 Å². The molecule has 0 bridgehead atoms. The monoisotopic (exact) mass is 263 g/mol. The Morgan fingerprint density at radius 2 is 1.94 bits per heavy atom. The lowest BCUT2D eigenvalue weighted by Crippen LogP contribution is -2.33.